The minimum Gasteiger partial charge on any atom is -0.452 e. The molecular formula is C15H18F7OSi2. The lowest BCUT2D eigenvalue weighted by Crippen LogP contribution is -2.56. The number of rotatable bonds is 7. The Hall–Kier alpha value is -1.14. The van der Waals surface area contributed by atoms with E-state index in [0.717, 1.165) is 0 Å². The van der Waals surface area contributed by atoms with Crippen LogP contribution in [0.5, 0.6) is 0 Å². The highest BCUT2D eigenvalue weighted by Gasteiger charge is 2.73. The molecule has 1 radical (unpaired) electrons. The molecular weight excluding hydrogens is 385 g/mol. The van der Waals surface area contributed by atoms with Gasteiger partial charge >= 0.3 is 18.0 Å². The van der Waals surface area contributed by atoms with Gasteiger partial charge in [0.1, 0.15) is 0 Å². The van der Waals surface area contributed by atoms with Gasteiger partial charge in [0.2, 0.25) is 9.04 Å². The van der Waals surface area contributed by atoms with E-state index in [1.165, 1.54) is 24.3 Å². The number of benzene rings is 1. The fourth-order valence-electron chi connectivity index (χ4n) is 2.00. The zero-order valence-electron chi connectivity index (χ0n) is 13.9. The van der Waals surface area contributed by atoms with E-state index in [1.807, 2.05) is 0 Å². The van der Waals surface area contributed by atoms with Crippen molar-refractivity contribution in [1.82, 2.24) is 0 Å². The Kier molecular flexibility index (Phi) is 6.34. The highest BCUT2D eigenvalue weighted by Crippen LogP contribution is 2.48. The van der Waals surface area contributed by atoms with Crippen molar-refractivity contribution in [3.05, 3.63) is 36.4 Å². The SMILES string of the molecule is C=Cc1ccccc1[Si](CC(F)(F)C(F)(F)C(F)(F)F)O[Si](C)(C)C. The van der Waals surface area contributed by atoms with E-state index in [0.29, 0.717) is 5.56 Å². The molecule has 0 saturated heterocycles. The normalized spacial score (nSPS) is 14.0. The summed E-state index contributed by atoms with van der Waals surface area (Å²) in [5.41, 5.74) is 0.376. The second-order valence-corrected chi connectivity index (χ2v) is 13.2. The molecule has 1 aromatic carbocycles. The molecule has 1 nitrogen and oxygen atoms in total. The quantitative estimate of drug-likeness (QED) is 0.448. The summed E-state index contributed by atoms with van der Waals surface area (Å²) in [5.74, 6) is -11.4. The zero-order chi connectivity index (χ0) is 19.7. The van der Waals surface area contributed by atoms with Crippen LogP contribution >= 0.6 is 0 Å². The van der Waals surface area contributed by atoms with Gasteiger partial charge in [-0.2, -0.15) is 30.7 Å². The van der Waals surface area contributed by atoms with Gasteiger partial charge in [-0.1, -0.05) is 36.9 Å². The van der Waals surface area contributed by atoms with E-state index in [-0.39, 0.29) is 5.19 Å². The first-order valence-corrected chi connectivity index (χ1v) is 12.2. The van der Waals surface area contributed by atoms with Crippen LogP contribution in [0, 0.1) is 0 Å². The Morgan fingerprint density at radius 2 is 1.56 bits per heavy atom. The largest absolute Gasteiger partial charge is 0.459 e. The second-order valence-electron chi connectivity index (χ2n) is 6.38. The summed E-state index contributed by atoms with van der Waals surface area (Å²) >= 11 is 0. The lowest BCUT2D eigenvalue weighted by Gasteiger charge is -2.33. The molecule has 25 heavy (non-hydrogen) atoms. The molecule has 0 aromatic heterocycles. The molecule has 1 aromatic rings. The van der Waals surface area contributed by atoms with Crippen LogP contribution in [0.3, 0.4) is 0 Å². The van der Waals surface area contributed by atoms with Crippen LogP contribution in [-0.2, 0) is 4.12 Å². The fraction of sp³-hybridized carbons (Fsp3) is 0.467. The highest BCUT2D eigenvalue weighted by molar-refractivity contribution is 6.82. The van der Waals surface area contributed by atoms with Crippen molar-refractivity contribution < 1.29 is 34.8 Å². The van der Waals surface area contributed by atoms with Crippen molar-refractivity contribution in [3.8, 4) is 0 Å². The minimum atomic E-state index is -6.35. The van der Waals surface area contributed by atoms with Gasteiger partial charge in [-0.05, 0) is 30.4 Å². The maximum absolute atomic E-state index is 13.9. The molecule has 0 spiro atoms. The smallest absolute Gasteiger partial charge is 0.452 e. The number of hydrogen-bond donors (Lipinski definition) is 0. The molecule has 0 N–H and O–H groups in total. The van der Waals surface area contributed by atoms with Gasteiger partial charge in [0.05, 0.1) is 0 Å². The van der Waals surface area contributed by atoms with E-state index >= 15 is 0 Å². The number of halogens is 7. The summed E-state index contributed by atoms with van der Waals surface area (Å²) in [4.78, 5) is 0. The van der Waals surface area contributed by atoms with Crippen LogP contribution in [0.25, 0.3) is 6.08 Å². The third-order valence-electron chi connectivity index (χ3n) is 3.11. The summed E-state index contributed by atoms with van der Waals surface area (Å²) in [6, 6.07) is 4.28. The molecule has 0 aliphatic rings. The van der Waals surface area contributed by atoms with Crippen molar-refractivity contribution in [2.24, 2.45) is 0 Å². The first-order chi connectivity index (χ1) is 11.1. The molecule has 0 aliphatic heterocycles. The third-order valence-corrected chi connectivity index (χ3v) is 8.36. The average molecular weight is 403 g/mol. The predicted molar refractivity (Wildman–Crippen MR) is 87.1 cm³/mol. The van der Waals surface area contributed by atoms with Crippen molar-refractivity contribution >= 4 is 28.6 Å². The van der Waals surface area contributed by atoms with Crippen LogP contribution in [0.4, 0.5) is 30.7 Å². The lowest BCUT2D eigenvalue weighted by atomic mass is 10.2. The minimum absolute atomic E-state index is 0.197. The van der Waals surface area contributed by atoms with Crippen molar-refractivity contribution in [3.63, 3.8) is 0 Å². The van der Waals surface area contributed by atoms with Gasteiger partial charge in [-0.25, -0.2) is 0 Å². The average Bonchev–Trinajstić information content (AvgIpc) is 2.43. The summed E-state index contributed by atoms with van der Waals surface area (Å²) in [7, 11) is -5.35. The van der Waals surface area contributed by atoms with Gasteiger partial charge in [0.25, 0.3) is 0 Å². The molecule has 0 heterocycles. The Morgan fingerprint density at radius 1 is 1.04 bits per heavy atom. The van der Waals surface area contributed by atoms with E-state index in [1.54, 1.807) is 25.7 Å². The van der Waals surface area contributed by atoms with E-state index in [4.69, 9.17) is 4.12 Å². The van der Waals surface area contributed by atoms with Crippen molar-refractivity contribution in [2.75, 3.05) is 0 Å². The second kappa shape index (κ2) is 7.24. The monoisotopic (exact) mass is 403 g/mol. The van der Waals surface area contributed by atoms with Gasteiger partial charge in [0.15, 0.2) is 8.32 Å². The Bertz CT molecular complexity index is 609. The summed E-state index contributed by atoms with van der Waals surface area (Å²) in [6.07, 6.45) is -5.02. The van der Waals surface area contributed by atoms with E-state index in [9.17, 15) is 30.7 Å². The van der Waals surface area contributed by atoms with Gasteiger partial charge in [-0.15, -0.1) is 0 Å². The van der Waals surface area contributed by atoms with Crippen LogP contribution in [0.1, 0.15) is 5.56 Å². The maximum atomic E-state index is 13.9. The summed E-state index contributed by atoms with van der Waals surface area (Å²) in [5, 5.41) is 0.197. The summed E-state index contributed by atoms with van der Waals surface area (Å²) < 4.78 is 97.2. The molecule has 0 fully saturated rings. The molecule has 1 rings (SSSR count). The fourth-order valence-corrected chi connectivity index (χ4v) is 7.30. The lowest BCUT2D eigenvalue weighted by molar-refractivity contribution is -0.349. The first-order valence-electron chi connectivity index (χ1n) is 7.21. The van der Waals surface area contributed by atoms with Gasteiger partial charge < -0.3 is 4.12 Å². The third kappa shape index (κ3) is 5.17. The number of hydrogen-bond acceptors (Lipinski definition) is 1. The van der Waals surface area contributed by atoms with E-state index < -0.39 is 41.4 Å². The molecule has 0 aliphatic carbocycles. The molecule has 10 heteroatoms. The first kappa shape index (κ1) is 21.9. The molecule has 0 atom stereocenters. The maximum Gasteiger partial charge on any atom is 0.459 e. The van der Waals surface area contributed by atoms with Gasteiger partial charge in [-0.3, -0.25) is 0 Å². The van der Waals surface area contributed by atoms with Crippen molar-refractivity contribution in [2.45, 2.75) is 43.7 Å². The molecule has 0 bridgehead atoms. The predicted octanol–water partition coefficient (Wildman–Crippen LogP) is 5.21. The van der Waals surface area contributed by atoms with Gasteiger partial charge in [0, 0.05) is 6.04 Å². The van der Waals surface area contributed by atoms with Crippen molar-refractivity contribution in [1.29, 1.82) is 0 Å². The standard InChI is InChI=1S/C15H18F7OSi2/c1-5-11-8-6-7-9-12(11)24(23-25(2,3)4)10-13(16,17)14(18,19)15(20,21)22/h5-9H,1,10H2,2-4H3. The molecule has 0 amide bonds. The molecule has 0 unspecified atom stereocenters. The van der Waals surface area contributed by atoms with E-state index in [2.05, 4.69) is 6.58 Å². The zero-order valence-corrected chi connectivity index (χ0v) is 15.9. The van der Waals surface area contributed by atoms with Crippen LogP contribution in [0.15, 0.2) is 30.8 Å². The van der Waals surface area contributed by atoms with Crippen LogP contribution < -0.4 is 5.19 Å². The highest BCUT2D eigenvalue weighted by atomic mass is 28.4. The summed E-state index contributed by atoms with van der Waals surface area (Å²) in [6.45, 7) is 8.45. The van der Waals surface area contributed by atoms with Crippen LogP contribution in [0.2, 0.25) is 25.7 Å². The van der Waals surface area contributed by atoms with Crippen LogP contribution in [-0.4, -0.2) is 35.4 Å². The number of alkyl halides is 7. The Balaban J connectivity index is 3.33. The molecule has 141 valence electrons. The topological polar surface area (TPSA) is 9.23 Å². The Morgan fingerprint density at radius 3 is 2.00 bits per heavy atom. The Labute approximate surface area is 144 Å². The molecule has 0 saturated carbocycles.